The minimum atomic E-state index is -0.358. The van der Waals surface area contributed by atoms with E-state index in [-0.39, 0.29) is 11.2 Å². The highest BCUT2D eigenvalue weighted by Gasteiger charge is 2.30. The van der Waals surface area contributed by atoms with Crippen LogP contribution in [0.3, 0.4) is 0 Å². The van der Waals surface area contributed by atoms with Gasteiger partial charge < -0.3 is 5.32 Å². The number of rotatable bonds is 6. The van der Waals surface area contributed by atoms with Crippen molar-refractivity contribution in [3.05, 3.63) is 72.1 Å². The Morgan fingerprint density at radius 2 is 1.88 bits per heavy atom. The maximum absolute atomic E-state index is 12.8. The number of thioether (sulfide) groups is 1. The van der Waals surface area contributed by atoms with Crippen LogP contribution < -0.4 is 5.32 Å². The van der Waals surface area contributed by atoms with E-state index in [1.807, 2.05) is 53.1 Å². The van der Waals surface area contributed by atoms with E-state index in [4.69, 9.17) is 0 Å². The van der Waals surface area contributed by atoms with Gasteiger partial charge in [-0.2, -0.15) is 0 Å². The van der Waals surface area contributed by atoms with Crippen molar-refractivity contribution in [1.29, 1.82) is 0 Å². The van der Waals surface area contributed by atoms with Gasteiger partial charge in [0.2, 0.25) is 5.91 Å². The number of carbonyl (C=O) groups is 1. The zero-order valence-electron chi connectivity index (χ0n) is 14.5. The summed E-state index contributed by atoms with van der Waals surface area (Å²) in [5.41, 5.74) is 3.12. The van der Waals surface area contributed by atoms with Crippen molar-refractivity contribution in [3.8, 4) is 5.69 Å². The first-order valence-electron chi connectivity index (χ1n) is 8.70. The van der Waals surface area contributed by atoms with Crippen LogP contribution in [0, 0.1) is 6.92 Å². The number of amides is 1. The third kappa shape index (κ3) is 3.65. The van der Waals surface area contributed by atoms with Crippen molar-refractivity contribution < 1.29 is 4.79 Å². The third-order valence-electron chi connectivity index (χ3n) is 4.38. The maximum atomic E-state index is 12.8. The van der Waals surface area contributed by atoms with Crippen LogP contribution in [-0.2, 0) is 4.79 Å². The van der Waals surface area contributed by atoms with Gasteiger partial charge in [0.15, 0.2) is 5.16 Å². The third-order valence-corrected chi connectivity index (χ3v) is 5.59. The number of hydrogen-bond donors (Lipinski definition) is 1. The minimum Gasteiger partial charge on any atom is -0.352 e. The first-order valence-corrected chi connectivity index (χ1v) is 9.58. The van der Waals surface area contributed by atoms with E-state index in [0.29, 0.717) is 11.2 Å². The average molecular weight is 364 g/mol. The van der Waals surface area contributed by atoms with E-state index < -0.39 is 0 Å². The summed E-state index contributed by atoms with van der Waals surface area (Å²) in [6.07, 6.45) is 3.83. The Bertz CT molecular complexity index is 905. The van der Waals surface area contributed by atoms with Crippen LogP contribution in [-0.4, -0.2) is 26.7 Å². The molecule has 1 saturated carbocycles. The lowest BCUT2D eigenvalue weighted by Gasteiger charge is -2.17. The van der Waals surface area contributed by atoms with Crippen molar-refractivity contribution in [3.63, 3.8) is 0 Å². The second-order valence-corrected chi connectivity index (χ2v) is 7.53. The molecule has 1 atom stereocenters. The predicted octanol–water partition coefficient (Wildman–Crippen LogP) is 3.69. The monoisotopic (exact) mass is 364 g/mol. The highest BCUT2D eigenvalue weighted by molar-refractivity contribution is 8.00. The Labute approximate surface area is 156 Å². The second-order valence-electron chi connectivity index (χ2n) is 6.46. The lowest BCUT2D eigenvalue weighted by Crippen LogP contribution is -2.29. The molecule has 1 heterocycles. The second kappa shape index (κ2) is 7.33. The number of benzene rings is 2. The molecule has 5 nitrogen and oxygen atoms in total. The van der Waals surface area contributed by atoms with Gasteiger partial charge in [0.1, 0.15) is 11.6 Å². The summed E-state index contributed by atoms with van der Waals surface area (Å²) in [6, 6.07) is 18.2. The number of hydrogen-bond acceptors (Lipinski definition) is 4. The summed E-state index contributed by atoms with van der Waals surface area (Å²) in [6.45, 7) is 2.05. The van der Waals surface area contributed by atoms with Gasteiger partial charge in [-0.3, -0.25) is 9.36 Å². The van der Waals surface area contributed by atoms with Crippen LogP contribution in [0.25, 0.3) is 5.69 Å². The summed E-state index contributed by atoms with van der Waals surface area (Å²) in [5, 5.41) is 11.8. The van der Waals surface area contributed by atoms with Gasteiger partial charge >= 0.3 is 0 Å². The minimum absolute atomic E-state index is 0.0306. The first kappa shape index (κ1) is 16.8. The first-order chi connectivity index (χ1) is 12.7. The molecule has 4 rings (SSSR count). The summed E-state index contributed by atoms with van der Waals surface area (Å²) in [4.78, 5) is 12.8. The fraction of sp³-hybridized carbons (Fsp3) is 0.250. The smallest absolute Gasteiger partial charge is 0.238 e. The summed E-state index contributed by atoms with van der Waals surface area (Å²) >= 11 is 1.43. The van der Waals surface area contributed by atoms with E-state index >= 15 is 0 Å². The van der Waals surface area contributed by atoms with Gasteiger partial charge in [-0.05, 0) is 37.0 Å². The Hall–Kier alpha value is -2.60. The van der Waals surface area contributed by atoms with Crippen LogP contribution >= 0.6 is 11.8 Å². The van der Waals surface area contributed by atoms with E-state index in [2.05, 4.69) is 28.5 Å². The maximum Gasteiger partial charge on any atom is 0.238 e. The molecule has 1 aromatic heterocycles. The largest absolute Gasteiger partial charge is 0.352 e. The molecule has 1 N–H and O–H groups in total. The average Bonchev–Trinajstić information content (AvgIpc) is 3.35. The van der Waals surface area contributed by atoms with Crippen molar-refractivity contribution in [2.45, 2.75) is 36.2 Å². The van der Waals surface area contributed by atoms with Crippen LogP contribution in [0.5, 0.6) is 0 Å². The van der Waals surface area contributed by atoms with Gasteiger partial charge in [-0.15, -0.1) is 10.2 Å². The molecule has 26 heavy (non-hydrogen) atoms. The Morgan fingerprint density at radius 1 is 1.15 bits per heavy atom. The lowest BCUT2D eigenvalue weighted by atomic mass is 10.1. The molecule has 1 aliphatic rings. The number of nitrogens with zero attached hydrogens (tertiary/aromatic N) is 3. The number of para-hydroxylation sites is 1. The number of nitrogens with one attached hydrogen (secondary N) is 1. The molecule has 1 unspecified atom stereocenters. The molecule has 0 radical (unpaired) electrons. The van der Waals surface area contributed by atoms with E-state index in [9.17, 15) is 4.79 Å². The number of aromatic nitrogens is 3. The van der Waals surface area contributed by atoms with Gasteiger partial charge in [0, 0.05) is 6.04 Å². The molecule has 1 fully saturated rings. The quantitative estimate of drug-likeness (QED) is 0.678. The topological polar surface area (TPSA) is 59.8 Å². The highest BCUT2D eigenvalue weighted by atomic mass is 32.2. The highest BCUT2D eigenvalue weighted by Crippen LogP contribution is 2.36. The van der Waals surface area contributed by atoms with Gasteiger partial charge in [0.05, 0.1) is 5.69 Å². The molecule has 0 aliphatic heterocycles. The zero-order valence-corrected chi connectivity index (χ0v) is 15.3. The van der Waals surface area contributed by atoms with Gasteiger partial charge in [-0.25, -0.2) is 0 Å². The molecule has 3 aromatic rings. The molecular formula is C20H20N4OS. The number of aryl methyl sites for hydroxylation is 1. The molecule has 132 valence electrons. The van der Waals surface area contributed by atoms with Crippen LogP contribution in [0.1, 0.15) is 29.2 Å². The summed E-state index contributed by atoms with van der Waals surface area (Å²) < 4.78 is 1.94. The van der Waals surface area contributed by atoms with Gasteiger partial charge in [-0.1, -0.05) is 60.3 Å². The lowest BCUT2D eigenvalue weighted by molar-refractivity contribution is -0.120. The standard InChI is InChI=1S/C20H20N4OS/c1-14-7-5-6-10-17(14)24-13-21-23-20(24)26-18(15-8-3-2-4-9-15)19(25)22-16-11-12-16/h2-10,13,16,18H,11-12H2,1H3,(H,22,25). The van der Waals surface area contributed by atoms with E-state index in [1.165, 1.54) is 11.8 Å². The Morgan fingerprint density at radius 3 is 2.62 bits per heavy atom. The fourth-order valence-corrected chi connectivity index (χ4v) is 3.85. The van der Waals surface area contributed by atoms with E-state index in [0.717, 1.165) is 29.7 Å². The number of carbonyl (C=O) groups excluding carboxylic acids is 1. The zero-order chi connectivity index (χ0) is 17.9. The van der Waals surface area contributed by atoms with Crippen molar-refractivity contribution in [2.75, 3.05) is 0 Å². The predicted molar refractivity (Wildman–Crippen MR) is 102 cm³/mol. The molecule has 1 amide bonds. The molecular weight excluding hydrogens is 344 g/mol. The van der Waals surface area contributed by atoms with Gasteiger partial charge in [0.25, 0.3) is 0 Å². The molecule has 0 saturated heterocycles. The molecule has 2 aromatic carbocycles. The molecule has 0 bridgehead atoms. The van der Waals surface area contributed by atoms with Crippen LogP contribution in [0.15, 0.2) is 66.1 Å². The normalized spacial score (nSPS) is 14.8. The summed E-state index contributed by atoms with van der Waals surface area (Å²) in [7, 11) is 0. The van der Waals surface area contributed by atoms with Crippen molar-refractivity contribution in [1.82, 2.24) is 20.1 Å². The Balaban J connectivity index is 1.65. The van der Waals surface area contributed by atoms with Crippen LogP contribution in [0.4, 0.5) is 0 Å². The Kier molecular flexibility index (Phi) is 4.75. The SMILES string of the molecule is Cc1ccccc1-n1cnnc1SC(C(=O)NC1CC1)c1ccccc1. The fourth-order valence-electron chi connectivity index (χ4n) is 2.81. The van der Waals surface area contributed by atoms with Crippen molar-refractivity contribution in [2.24, 2.45) is 0 Å². The molecule has 1 aliphatic carbocycles. The van der Waals surface area contributed by atoms with Crippen molar-refractivity contribution >= 4 is 17.7 Å². The van der Waals surface area contributed by atoms with E-state index in [1.54, 1.807) is 6.33 Å². The van der Waals surface area contributed by atoms with Crippen LogP contribution in [0.2, 0.25) is 0 Å². The summed E-state index contributed by atoms with van der Waals surface area (Å²) in [5.74, 6) is 0.0306. The molecule has 6 heteroatoms. The molecule has 0 spiro atoms.